The summed E-state index contributed by atoms with van der Waals surface area (Å²) in [5, 5.41) is 0. The number of rotatable bonds is 3. The van der Waals surface area contributed by atoms with Crippen LogP contribution < -0.4 is 0 Å². The fraction of sp³-hybridized carbons (Fsp3) is 0.714. The Morgan fingerprint density at radius 1 is 1.82 bits per heavy atom. The van der Waals surface area contributed by atoms with Gasteiger partial charge in [-0.2, -0.15) is 0 Å². The molecule has 0 aromatic carbocycles. The van der Waals surface area contributed by atoms with Gasteiger partial charge in [-0.15, -0.1) is 0 Å². The zero-order chi connectivity index (χ0) is 8.10. The summed E-state index contributed by atoms with van der Waals surface area (Å²) < 4.78 is 9.55. The van der Waals surface area contributed by atoms with Crippen molar-refractivity contribution in [1.29, 1.82) is 0 Å². The maximum atomic E-state index is 10.6. The van der Waals surface area contributed by atoms with E-state index in [0.717, 1.165) is 6.54 Å². The van der Waals surface area contributed by atoms with Crippen LogP contribution in [0.15, 0.2) is 4.99 Å². The normalized spacial score (nSPS) is 15.5. The molecule has 0 saturated carbocycles. The van der Waals surface area contributed by atoms with Crippen molar-refractivity contribution in [3.63, 3.8) is 0 Å². The number of carbonyl (C=O) groups is 1. The highest BCUT2D eigenvalue weighted by molar-refractivity contribution is 5.82. The molecular weight excluding hydrogens is 146 g/mol. The first-order valence-corrected chi connectivity index (χ1v) is 3.56. The smallest absolute Gasteiger partial charge is 0.306 e. The predicted molar refractivity (Wildman–Crippen MR) is 39.5 cm³/mol. The molecule has 0 aromatic heterocycles. The summed E-state index contributed by atoms with van der Waals surface area (Å²) in [6.07, 6.45) is 0.919. The molecular formula is C7H11NO3. The molecule has 0 spiro atoms. The number of esters is 1. The number of carbonyl (C=O) groups excluding carboxylic acids is 1. The Morgan fingerprint density at radius 2 is 2.64 bits per heavy atom. The monoisotopic (exact) mass is 157 g/mol. The van der Waals surface area contributed by atoms with Gasteiger partial charge in [-0.25, -0.2) is 0 Å². The molecule has 0 fully saturated rings. The fourth-order valence-electron chi connectivity index (χ4n) is 0.842. The van der Waals surface area contributed by atoms with E-state index in [1.807, 2.05) is 0 Å². The molecule has 1 heterocycles. The SMILES string of the molecule is COC(=O)CCC1=NCCO1. The van der Waals surface area contributed by atoms with Gasteiger partial charge in [-0.05, 0) is 0 Å². The average Bonchev–Trinajstić information content (AvgIpc) is 2.52. The Hall–Kier alpha value is -1.06. The van der Waals surface area contributed by atoms with Gasteiger partial charge < -0.3 is 9.47 Å². The van der Waals surface area contributed by atoms with Gasteiger partial charge in [0, 0.05) is 6.42 Å². The molecule has 0 saturated heterocycles. The lowest BCUT2D eigenvalue weighted by Gasteiger charge is -1.99. The van der Waals surface area contributed by atoms with Gasteiger partial charge in [0.25, 0.3) is 0 Å². The van der Waals surface area contributed by atoms with Crippen molar-refractivity contribution in [2.45, 2.75) is 12.8 Å². The van der Waals surface area contributed by atoms with Crippen molar-refractivity contribution in [2.24, 2.45) is 4.99 Å². The number of hydrogen-bond donors (Lipinski definition) is 0. The first-order chi connectivity index (χ1) is 5.33. The van der Waals surface area contributed by atoms with E-state index in [2.05, 4.69) is 9.73 Å². The molecule has 0 radical (unpaired) electrons. The van der Waals surface area contributed by atoms with Crippen molar-refractivity contribution in [1.82, 2.24) is 0 Å². The minimum Gasteiger partial charge on any atom is -0.479 e. The second-order valence-corrected chi connectivity index (χ2v) is 2.20. The first-order valence-electron chi connectivity index (χ1n) is 3.56. The van der Waals surface area contributed by atoms with Crippen LogP contribution in [0.25, 0.3) is 0 Å². The molecule has 0 atom stereocenters. The lowest BCUT2D eigenvalue weighted by Crippen LogP contribution is -2.05. The Bertz CT molecular complexity index is 177. The highest BCUT2D eigenvalue weighted by Gasteiger charge is 2.09. The number of ether oxygens (including phenoxy) is 2. The summed E-state index contributed by atoms with van der Waals surface area (Å²) in [4.78, 5) is 14.7. The van der Waals surface area contributed by atoms with E-state index in [9.17, 15) is 4.79 Å². The maximum Gasteiger partial charge on any atom is 0.306 e. The fourth-order valence-corrected chi connectivity index (χ4v) is 0.842. The third-order valence-electron chi connectivity index (χ3n) is 1.42. The molecule has 1 rings (SSSR count). The molecule has 62 valence electrons. The van der Waals surface area contributed by atoms with Crippen molar-refractivity contribution >= 4 is 11.9 Å². The Kier molecular flexibility index (Phi) is 2.89. The molecule has 1 aliphatic heterocycles. The van der Waals surface area contributed by atoms with E-state index in [1.54, 1.807) is 0 Å². The van der Waals surface area contributed by atoms with Crippen LogP contribution in [0, 0.1) is 0 Å². The lowest BCUT2D eigenvalue weighted by molar-refractivity contribution is -0.140. The Labute approximate surface area is 65.2 Å². The van der Waals surface area contributed by atoms with Crippen LogP contribution in [-0.4, -0.2) is 32.1 Å². The largest absolute Gasteiger partial charge is 0.479 e. The van der Waals surface area contributed by atoms with Crippen LogP contribution >= 0.6 is 0 Å². The maximum absolute atomic E-state index is 10.6. The van der Waals surface area contributed by atoms with Gasteiger partial charge in [0.2, 0.25) is 0 Å². The first kappa shape index (κ1) is 8.04. The van der Waals surface area contributed by atoms with Crippen LogP contribution in [0.3, 0.4) is 0 Å². The zero-order valence-corrected chi connectivity index (χ0v) is 6.50. The van der Waals surface area contributed by atoms with E-state index >= 15 is 0 Å². The van der Waals surface area contributed by atoms with Crippen LogP contribution in [0.4, 0.5) is 0 Å². The van der Waals surface area contributed by atoms with Crippen molar-refractivity contribution in [2.75, 3.05) is 20.3 Å². The van der Waals surface area contributed by atoms with E-state index in [1.165, 1.54) is 7.11 Å². The van der Waals surface area contributed by atoms with E-state index in [4.69, 9.17) is 4.74 Å². The van der Waals surface area contributed by atoms with Crippen LogP contribution in [0.5, 0.6) is 0 Å². The van der Waals surface area contributed by atoms with Gasteiger partial charge in [0.05, 0.1) is 20.1 Å². The third-order valence-corrected chi connectivity index (χ3v) is 1.42. The lowest BCUT2D eigenvalue weighted by atomic mass is 10.3. The van der Waals surface area contributed by atoms with E-state index in [-0.39, 0.29) is 5.97 Å². The van der Waals surface area contributed by atoms with Crippen molar-refractivity contribution < 1.29 is 14.3 Å². The van der Waals surface area contributed by atoms with Crippen LogP contribution in [0.1, 0.15) is 12.8 Å². The standard InChI is InChI=1S/C7H11NO3/c1-10-7(9)3-2-6-8-4-5-11-6/h2-5H2,1H3. The summed E-state index contributed by atoms with van der Waals surface area (Å²) >= 11 is 0. The van der Waals surface area contributed by atoms with Gasteiger partial charge >= 0.3 is 5.97 Å². The Balaban J connectivity index is 2.16. The Morgan fingerprint density at radius 3 is 3.18 bits per heavy atom. The summed E-state index contributed by atoms with van der Waals surface area (Å²) in [5.74, 6) is 0.457. The molecule has 11 heavy (non-hydrogen) atoms. The number of aliphatic imine (C=N–C) groups is 1. The molecule has 0 amide bonds. The highest BCUT2D eigenvalue weighted by atomic mass is 16.5. The second kappa shape index (κ2) is 3.95. The summed E-state index contributed by atoms with van der Waals surface area (Å²) in [7, 11) is 1.37. The summed E-state index contributed by atoms with van der Waals surface area (Å²) in [6, 6.07) is 0. The van der Waals surface area contributed by atoms with Gasteiger partial charge in [-0.3, -0.25) is 9.79 Å². The second-order valence-electron chi connectivity index (χ2n) is 2.20. The molecule has 1 aliphatic rings. The minimum absolute atomic E-state index is 0.219. The van der Waals surface area contributed by atoms with Crippen molar-refractivity contribution in [3.8, 4) is 0 Å². The molecule has 0 N–H and O–H groups in total. The van der Waals surface area contributed by atoms with Crippen LogP contribution in [0.2, 0.25) is 0 Å². The molecule has 4 nitrogen and oxygen atoms in total. The quantitative estimate of drug-likeness (QED) is 0.556. The van der Waals surface area contributed by atoms with Gasteiger partial charge in [0.15, 0.2) is 5.90 Å². The predicted octanol–water partition coefficient (Wildman–Crippen LogP) is 0.368. The summed E-state index contributed by atoms with van der Waals surface area (Å²) in [5.41, 5.74) is 0. The molecule has 0 bridgehead atoms. The molecule has 0 aromatic rings. The van der Waals surface area contributed by atoms with Gasteiger partial charge in [0.1, 0.15) is 6.61 Å². The number of methoxy groups -OCH3 is 1. The molecule has 0 unspecified atom stereocenters. The third kappa shape index (κ3) is 2.57. The molecule has 4 heteroatoms. The summed E-state index contributed by atoms with van der Waals surface area (Å²) in [6.45, 7) is 1.37. The van der Waals surface area contributed by atoms with E-state index in [0.29, 0.717) is 25.3 Å². The number of nitrogens with zero attached hydrogens (tertiary/aromatic N) is 1. The topological polar surface area (TPSA) is 47.9 Å². The van der Waals surface area contributed by atoms with Crippen molar-refractivity contribution in [3.05, 3.63) is 0 Å². The highest BCUT2D eigenvalue weighted by Crippen LogP contribution is 2.01. The molecule has 0 aliphatic carbocycles. The zero-order valence-electron chi connectivity index (χ0n) is 6.50. The minimum atomic E-state index is -0.219. The number of hydrogen-bond acceptors (Lipinski definition) is 4. The van der Waals surface area contributed by atoms with Gasteiger partial charge in [-0.1, -0.05) is 0 Å². The van der Waals surface area contributed by atoms with E-state index < -0.39 is 0 Å². The van der Waals surface area contributed by atoms with Crippen LogP contribution in [-0.2, 0) is 14.3 Å². The average molecular weight is 157 g/mol.